The summed E-state index contributed by atoms with van der Waals surface area (Å²) in [4.78, 5) is 27.2. The molecule has 0 bridgehead atoms. The summed E-state index contributed by atoms with van der Waals surface area (Å²) in [6.45, 7) is 4.75. The highest BCUT2D eigenvalue weighted by Crippen LogP contribution is 2.27. The van der Waals surface area contributed by atoms with Gasteiger partial charge in [0.1, 0.15) is 5.00 Å². The summed E-state index contributed by atoms with van der Waals surface area (Å²) < 4.78 is 0. The Balaban J connectivity index is 1.66. The van der Waals surface area contributed by atoms with Gasteiger partial charge in [-0.2, -0.15) is 0 Å². The van der Waals surface area contributed by atoms with Crippen LogP contribution in [0.4, 0.5) is 5.00 Å². The quantitative estimate of drug-likeness (QED) is 0.741. The van der Waals surface area contributed by atoms with Gasteiger partial charge in [-0.05, 0) is 66.3 Å². The number of carbonyl (C=O) groups excluding carboxylic acids is 2. The highest BCUT2D eigenvalue weighted by atomic mass is 32.1. The van der Waals surface area contributed by atoms with E-state index in [1.54, 1.807) is 18.0 Å². The maximum absolute atomic E-state index is 12.8. The number of nitrogens with two attached hydrogens (primary N) is 1. The minimum atomic E-state index is -0.171. The number of amides is 2. The molecule has 1 aliphatic carbocycles. The predicted octanol–water partition coefficient (Wildman–Crippen LogP) is 3.93. The van der Waals surface area contributed by atoms with Crippen molar-refractivity contribution in [1.82, 2.24) is 4.90 Å². The molecule has 0 spiro atoms. The Morgan fingerprint density at radius 3 is 2.71 bits per heavy atom. The molecule has 1 heterocycles. The molecule has 0 saturated carbocycles. The van der Waals surface area contributed by atoms with Gasteiger partial charge < -0.3 is 16.0 Å². The summed E-state index contributed by atoms with van der Waals surface area (Å²) in [6.07, 6.45) is 4.02. The van der Waals surface area contributed by atoms with E-state index in [4.69, 9.17) is 5.73 Å². The van der Waals surface area contributed by atoms with Crippen LogP contribution in [0.25, 0.3) is 0 Å². The number of rotatable bonds is 7. The van der Waals surface area contributed by atoms with Crippen molar-refractivity contribution in [2.45, 2.75) is 45.6 Å². The molecule has 1 aliphatic rings. The average molecular weight is 400 g/mol. The highest BCUT2D eigenvalue weighted by Gasteiger charge is 2.21. The fourth-order valence-electron chi connectivity index (χ4n) is 3.45. The van der Waals surface area contributed by atoms with Gasteiger partial charge in [-0.15, -0.1) is 11.3 Å². The maximum Gasteiger partial charge on any atom is 0.256 e. The van der Waals surface area contributed by atoms with Crippen molar-refractivity contribution in [3.05, 3.63) is 51.9 Å². The van der Waals surface area contributed by atoms with E-state index in [9.17, 15) is 9.59 Å². The molecule has 3 rings (SSSR count). The Morgan fingerprint density at radius 2 is 1.96 bits per heavy atom. The second-order valence-corrected chi connectivity index (χ2v) is 8.79. The van der Waals surface area contributed by atoms with Crippen molar-refractivity contribution >= 4 is 28.2 Å². The van der Waals surface area contributed by atoms with E-state index in [0.717, 1.165) is 25.7 Å². The first-order chi connectivity index (χ1) is 13.4. The van der Waals surface area contributed by atoms with Crippen LogP contribution in [0.2, 0.25) is 0 Å². The van der Waals surface area contributed by atoms with Gasteiger partial charge in [0.05, 0.1) is 5.56 Å². The van der Waals surface area contributed by atoms with Crippen LogP contribution in [0, 0.1) is 5.92 Å². The monoisotopic (exact) mass is 399 g/mol. The SMILES string of the molecule is CC(C)C(N)CCN(C)C(=O)c1ccsc1NC(=O)c1ccc2c(c1)CCC2. The largest absolute Gasteiger partial charge is 0.342 e. The van der Waals surface area contributed by atoms with E-state index >= 15 is 0 Å². The van der Waals surface area contributed by atoms with Crippen molar-refractivity contribution in [3.8, 4) is 0 Å². The molecule has 28 heavy (non-hydrogen) atoms. The first-order valence-electron chi connectivity index (χ1n) is 9.88. The average Bonchev–Trinajstić information content (AvgIpc) is 3.33. The molecule has 0 radical (unpaired) electrons. The molecule has 5 nitrogen and oxygen atoms in total. The van der Waals surface area contributed by atoms with Gasteiger partial charge >= 0.3 is 0 Å². The fourth-order valence-corrected chi connectivity index (χ4v) is 4.22. The highest BCUT2D eigenvalue weighted by molar-refractivity contribution is 7.14. The second kappa shape index (κ2) is 8.88. The van der Waals surface area contributed by atoms with Gasteiger partial charge in [0.15, 0.2) is 0 Å². The third kappa shape index (κ3) is 4.62. The summed E-state index contributed by atoms with van der Waals surface area (Å²) in [6, 6.07) is 7.73. The number of hydrogen-bond acceptors (Lipinski definition) is 4. The summed E-state index contributed by atoms with van der Waals surface area (Å²) in [5.41, 5.74) is 9.86. The molecule has 6 heteroatoms. The molecule has 1 atom stereocenters. The molecule has 150 valence electrons. The van der Waals surface area contributed by atoms with Gasteiger partial charge in [-0.25, -0.2) is 0 Å². The summed E-state index contributed by atoms with van der Waals surface area (Å²) in [5.74, 6) is 0.115. The molecule has 0 fully saturated rings. The smallest absolute Gasteiger partial charge is 0.256 e. The maximum atomic E-state index is 12.8. The van der Waals surface area contributed by atoms with Crippen LogP contribution in [-0.4, -0.2) is 36.3 Å². The normalized spacial score (nSPS) is 14.0. The number of hydrogen-bond donors (Lipinski definition) is 2. The van der Waals surface area contributed by atoms with Crippen molar-refractivity contribution < 1.29 is 9.59 Å². The Morgan fingerprint density at radius 1 is 1.21 bits per heavy atom. The third-order valence-corrected chi connectivity index (χ3v) is 6.31. The number of carbonyl (C=O) groups is 2. The van der Waals surface area contributed by atoms with Crippen LogP contribution in [-0.2, 0) is 12.8 Å². The van der Waals surface area contributed by atoms with Gasteiger partial charge in [0, 0.05) is 25.2 Å². The molecule has 2 aromatic rings. The first kappa shape index (κ1) is 20.6. The summed E-state index contributed by atoms with van der Waals surface area (Å²) in [7, 11) is 1.78. The van der Waals surface area contributed by atoms with E-state index in [-0.39, 0.29) is 17.9 Å². The number of nitrogens with zero attached hydrogens (tertiary/aromatic N) is 1. The lowest BCUT2D eigenvalue weighted by Gasteiger charge is -2.21. The zero-order chi connectivity index (χ0) is 20.3. The lowest BCUT2D eigenvalue weighted by Crippen LogP contribution is -2.34. The Kier molecular flexibility index (Phi) is 6.52. The van der Waals surface area contributed by atoms with Crippen LogP contribution >= 0.6 is 11.3 Å². The third-order valence-electron chi connectivity index (χ3n) is 5.48. The van der Waals surface area contributed by atoms with Crippen LogP contribution in [0.3, 0.4) is 0 Å². The predicted molar refractivity (Wildman–Crippen MR) is 115 cm³/mol. The van der Waals surface area contributed by atoms with Crippen LogP contribution in [0.5, 0.6) is 0 Å². The van der Waals surface area contributed by atoms with Crippen molar-refractivity contribution in [2.24, 2.45) is 11.7 Å². The lowest BCUT2D eigenvalue weighted by atomic mass is 10.0. The standard InChI is InChI=1S/C22H29N3O2S/c1-14(2)19(23)9-11-25(3)22(27)18-10-12-28-21(18)24-20(26)17-8-7-15-5-4-6-16(15)13-17/h7-8,10,12-14,19H,4-6,9,11,23H2,1-3H3,(H,24,26). The van der Waals surface area contributed by atoms with Gasteiger partial charge in [-0.3, -0.25) is 9.59 Å². The Labute approximate surface area is 170 Å². The Bertz CT molecular complexity index is 859. The van der Waals surface area contributed by atoms with Crippen LogP contribution < -0.4 is 11.1 Å². The minimum Gasteiger partial charge on any atom is -0.342 e. The molecule has 2 amide bonds. The lowest BCUT2D eigenvalue weighted by molar-refractivity contribution is 0.0790. The molecule has 1 unspecified atom stereocenters. The van der Waals surface area contributed by atoms with Gasteiger partial charge in [0.25, 0.3) is 11.8 Å². The number of fused-ring (bicyclic) bond motifs is 1. The number of benzene rings is 1. The molecule has 0 saturated heterocycles. The number of nitrogens with one attached hydrogen (secondary N) is 1. The van der Waals surface area contributed by atoms with Crippen molar-refractivity contribution in [3.63, 3.8) is 0 Å². The zero-order valence-electron chi connectivity index (χ0n) is 16.8. The topological polar surface area (TPSA) is 75.4 Å². The van der Waals surface area contributed by atoms with E-state index in [1.807, 2.05) is 23.6 Å². The number of aryl methyl sites for hydroxylation is 2. The molecule has 1 aromatic heterocycles. The summed E-state index contributed by atoms with van der Waals surface area (Å²) in [5, 5.41) is 5.35. The minimum absolute atomic E-state index is 0.0664. The van der Waals surface area contributed by atoms with Gasteiger partial charge in [-0.1, -0.05) is 19.9 Å². The van der Waals surface area contributed by atoms with Crippen molar-refractivity contribution in [2.75, 3.05) is 18.9 Å². The van der Waals surface area contributed by atoms with E-state index in [1.165, 1.54) is 22.5 Å². The van der Waals surface area contributed by atoms with E-state index in [0.29, 0.717) is 28.6 Å². The fraction of sp³-hybridized carbons (Fsp3) is 0.455. The number of thiophene rings is 1. The summed E-state index contributed by atoms with van der Waals surface area (Å²) >= 11 is 1.37. The first-order valence-corrected chi connectivity index (χ1v) is 10.8. The molecular formula is C22H29N3O2S. The Hall–Kier alpha value is -2.18. The van der Waals surface area contributed by atoms with E-state index < -0.39 is 0 Å². The molecule has 1 aromatic carbocycles. The molecule has 3 N–H and O–H groups in total. The van der Waals surface area contributed by atoms with Gasteiger partial charge in [0.2, 0.25) is 0 Å². The van der Waals surface area contributed by atoms with Crippen LogP contribution in [0.1, 0.15) is 58.5 Å². The molecular weight excluding hydrogens is 370 g/mol. The second-order valence-electron chi connectivity index (χ2n) is 7.88. The molecule has 0 aliphatic heterocycles. The van der Waals surface area contributed by atoms with Crippen molar-refractivity contribution in [1.29, 1.82) is 0 Å². The van der Waals surface area contributed by atoms with E-state index in [2.05, 4.69) is 19.2 Å². The van der Waals surface area contributed by atoms with Crippen LogP contribution in [0.15, 0.2) is 29.6 Å². The zero-order valence-corrected chi connectivity index (χ0v) is 17.6. The number of anilines is 1.